The first kappa shape index (κ1) is 20.9. The number of ether oxygens (including phenoxy) is 1. The van der Waals surface area contributed by atoms with Crippen molar-refractivity contribution in [1.82, 2.24) is 5.32 Å². The van der Waals surface area contributed by atoms with Gasteiger partial charge < -0.3 is 15.4 Å². The lowest BCUT2D eigenvalue weighted by Crippen LogP contribution is -2.41. The van der Waals surface area contributed by atoms with Gasteiger partial charge in [-0.05, 0) is 45.9 Å². The molecule has 0 fully saturated rings. The van der Waals surface area contributed by atoms with Gasteiger partial charge in [0.25, 0.3) is 11.8 Å². The van der Waals surface area contributed by atoms with E-state index in [1.165, 1.54) is 25.1 Å². The second-order valence-corrected chi connectivity index (χ2v) is 7.22. The van der Waals surface area contributed by atoms with E-state index in [1.807, 2.05) is 20.8 Å². The van der Waals surface area contributed by atoms with Crippen LogP contribution in [0, 0.1) is 10.1 Å². The summed E-state index contributed by atoms with van der Waals surface area (Å²) in [6, 6.07) is 12.4. The second kappa shape index (κ2) is 8.51. The van der Waals surface area contributed by atoms with Crippen molar-refractivity contribution in [1.29, 1.82) is 0 Å². The molecule has 0 heterocycles. The third kappa shape index (κ3) is 5.54. The first-order valence-electron chi connectivity index (χ1n) is 8.71. The Morgan fingerprint density at radius 3 is 2.32 bits per heavy atom. The van der Waals surface area contributed by atoms with Crippen molar-refractivity contribution < 1.29 is 19.2 Å². The predicted octanol–water partition coefficient (Wildman–Crippen LogP) is 3.53. The summed E-state index contributed by atoms with van der Waals surface area (Å²) in [7, 11) is 0. The van der Waals surface area contributed by atoms with E-state index in [2.05, 4.69) is 10.6 Å². The van der Waals surface area contributed by atoms with Crippen LogP contribution in [0.3, 0.4) is 0 Å². The number of anilines is 1. The van der Waals surface area contributed by atoms with Crippen molar-refractivity contribution >= 4 is 23.2 Å². The minimum absolute atomic E-state index is 0.00564. The molecule has 0 aromatic heterocycles. The minimum Gasteiger partial charge on any atom is -0.474 e. The molecule has 2 aromatic rings. The van der Waals surface area contributed by atoms with Crippen molar-refractivity contribution in [3.63, 3.8) is 0 Å². The number of carbonyl (C=O) groups excluding carboxylic acids is 2. The lowest BCUT2D eigenvalue weighted by atomic mass is 10.1. The van der Waals surface area contributed by atoms with Gasteiger partial charge in [0.2, 0.25) is 0 Å². The van der Waals surface area contributed by atoms with Crippen molar-refractivity contribution in [2.45, 2.75) is 39.3 Å². The number of nitro benzene ring substituents is 1. The van der Waals surface area contributed by atoms with Crippen molar-refractivity contribution in [3.05, 3.63) is 64.2 Å². The Labute approximate surface area is 163 Å². The number of para-hydroxylation sites is 3. The first-order valence-corrected chi connectivity index (χ1v) is 8.71. The molecule has 0 unspecified atom stereocenters. The topological polar surface area (TPSA) is 111 Å². The molecule has 0 radical (unpaired) electrons. The van der Waals surface area contributed by atoms with Gasteiger partial charge in [0.15, 0.2) is 11.9 Å². The van der Waals surface area contributed by atoms with Crippen LogP contribution in [0.1, 0.15) is 38.1 Å². The molecule has 2 rings (SSSR count). The zero-order valence-corrected chi connectivity index (χ0v) is 16.2. The summed E-state index contributed by atoms with van der Waals surface area (Å²) < 4.78 is 5.47. The van der Waals surface area contributed by atoms with E-state index in [0.717, 1.165) is 0 Å². The molecule has 8 nitrogen and oxygen atoms in total. The normalized spacial score (nSPS) is 12.0. The van der Waals surface area contributed by atoms with E-state index in [4.69, 9.17) is 4.74 Å². The molecular weight excluding hydrogens is 362 g/mol. The highest BCUT2D eigenvalue weighted by Gasteiger charge is 2.23. The van der Waals surface area contributed by atoms with E-state index in [-0.39, 0.29) is 17.3 Å². The Morgan fingerprint density at radius 2 is 1.68 bits per heavy atom. The van der Waals surface area contributed by atoms with Crippen LogP contribution in [0.2, 0.25) is 0 Å². The third-order valence-electron chi connectivity index (χ3n) is 3.65. The van der Waals surface area contributed by atoms with Crippen molar-refractivity contribution in [3.8, 4) is 5.75 Å². The molecule has 0 saturated carbocycles. The fourth-order valence-electron chi connectivity index (χ4n) is 2.38. The van der Waals surface area contributed by atoms with E-state index < -0.39 is 22.5 Å². The van der Waals surface area contributed by atoms with Crippen LogP contribution in [0.5, 0.6) is 5.75 Å². The van der Waals surface area contributed by atoms with Gasteiger partial charge in [0.05, 0.1) is 16.2 Å². The Balaban J connectivity index is 2.15. The first-order chi connectivity index (χ1) is 13.1. The summed E-state index contributed by atoms with van der Waals surface area (Å²) in [5.41, 5.74) is -0.0281. The number of nitro groups is 1. The van der Waals surface area contributed by atoms with Gasteiger partial charge in [-0.2, -0.15) is 0 Å². The van der Waals surface area contributed by atoms with Crippen LogP contribution < -0.4 is 15.4 Å². The highest BCUT2D eigenvalue weighted by molar-refractivity contribution is 6.04. The maximum absolute atomic E-state index is 12.5. The molecule has 148 valence electrons. The van der Waals surface area contributed by atoms with Crippen molar-refractivity contribution in [2.75, 3.05) is 5.32 Å². The number of hydrogen-bond donors (Lipinski definition) is 2. The monoisotopic (exact) mass is 385 g/mol. The second-order valence-electron chi connectivity index (χ2n) is 7.22. The summed E-state index contributed by atoms with van der Waals surface area (Å²) in [6.45, 7) is 7.04. The SMILES string of the molecule is C[C@@H](Oc1ccccc1[N+](=O)[O-])C(=O)Nc1ccccc1C(=O)NC(C)(C)C. The van der Waals surface area contributed by atoms with Gasteiger partial charge >= 0.3 is 5.69 Å². The lowest BCUT2D eigenvalue weighted by Gasteiger charge is -2.22. The number of rotatable bonds is 6. The average Bonchev–Trinajstić information content (AvgIpc) is 2.60. The average molecular weight is 385 g/mol. The maximum atomic E-state index is 12.5. The number of nitrogens with zero attached hydrogens (tertiary/aromatic N) is 1. The van der Waals surface area contributed by atoms with Gasteiger partial charge in [-0.15, -0.1) is 0 Å². The summed E-state index contributed by atoms with van der Waals surface area (Å²) in [5, 5.41) is 16.6. The Morgan fingerprint density at radius 1 is 1.07 bits per heavy atom. The number of nitrogens with one attached hydrogen (secondary N) is 2. The number of benzene rings is 2. The van der Waals surface area contributed by atoms with Crippen LogP contribution in [-0.4, -0.2) is 28.4 Å². The molecular formula is C20H23N3O5. The zero-order chi connectivity index (χ0) is 20.9. The van der Waals surface area contributed by atoms with Gasteiger partial charge in [0.1, 0.15) is 0 Å². The number of hydrogen-bond acceptors (Lipinski definition) is 5. The van der Waals surface area contributed by atoms with Crippen LogP contribution in [0.4, 0.5) is 11.4 Å². The molecule has 0 aliphatic carbocycles. The summed E-state index contributed by atoms with van der Waals surface area (Å²) in [6.07, 6.45) is -1.01. The summed E-state index contributed by atoms with van der Waals surface area (Å²) >= 11 is 0. The molecule has 2 amide bonds. The highest BCUT2D eigenvalue weighted by Crippen LogP contribution is 2.27. The number of carbonyl (C=O) groups is 2. The quantitative estimate of drug-likeness (QED) is 0.584. The van der Waals surface area contributed by atoms with E-state index in [9.17, 15) is 19.7 Å². The summed E-state index contributed by atoms with van der Waals surface area (Å²) in [5.74, 6) is -0.862. The zero-order valence-electron chi connectivity index (χ0n) is 16.2. The largest absolute Gasteiger partial charge is 0.474 e. The highest BCUT2D eigenvalue weighted by atomic mass is 16.6. The fourth-order valence-corrected chi connectivity index (χ4v) is 2.38. The molecule has 8 heteroatoms. The molecule has 28 heavy (non-hydrogen) atoms. The molecule has 0 aliphatic rings. The molecule has 1 atom stereocenters. The van der Waals surface area contributed by atoms with Gasteiger partial charge in [-0.25, -0.2) is 0 Å². The maximum Gasteiger partial charge on any atom is 0.310 e. The van der Waals surface area contributed by atoms with Crippen molar-refractivity contribution in [2.24, 2.45) is 0 Å². The van der Waals surface area contributed by atoms with E-state index in [1.54, 1.807) is 30.3 Å². The number of amides is 2. The molecule has 0 spiro atoms. The summed E-state index contributed by atoms with van der Waals surface area (Å²) in [4.78, 5) is 35.5. The van der Waals surface area contributed by atoms with Gasteiger partial charge in [0, 0.05) is 11.6 Å². The molecule has 2 N–H and O–H groups in total. The van der Waals surface area contributed by atoms with Crippen LogP contribution in [0.15, 0.2) is 48.5 Å². The fraction of sp³-hybridized carbons (Fsp3) is 0.300. The lowest BCUT2D eigenvalue weighted by molar-refractivity contribution is -0.386. The van der Waals surface area contributed by atoms with Gasteiger partial charge in [-0.1, -0.05) is 24.3 Å². The van der Waals surface area contributed by atoms with E-state index in [0.29, 0.717) is 11.3 Å². The van der Waals surface area contributed by atoms with Crippen LogP contribution in [-0.2, 0) is 4.79 Å². The standard InChI is InChI=1S/C20H23N3O5/c1-13(28-17-12-8-7-11-16(17)23(26)27)18(24)21-15-10-6-5-9-14(15)19(25)22-20(2,3)4/h5-13H,1-4H3,(H,21,24)(H,22,25)/t13-/m1/s1. The Bertz CT molecular complexity index is 889. The minimum atomic E-state index is -1.01. The predicted molar refractivity (Wildman–Crippen MR) is 105 cm³/mol. The third-order valence-corrected chi connectivity index (χ3v) is 3.65. The van der Waals surface area contributed by atoms with Crippen LogP contribution in [0.25, 0.3) is 0 Å². The smallest absolute Gasteiger partial charge is 0.310 e. The van der Waals surface area contributed by atoms with Gasteiger partial charge in [-0.3, -0.25) is 19.7 Å². The molecule has 0 aliphatic heterocycles. The molecule has 0 saturated heterocycles. The Kier molecular flexibility index (Phi) is 6.35. The van der Waals surface area contributed by atoms with Crippen LogP contribution >= 0.6 is 0 Å². The van der Waals surface area contributed by atoms with E-state index >= 15 is 0 Å². The molecule has 0 bridgehead atoms. The molecule has 2 aromatic carbocycles. The Hall–Kier alpha value is -3.42.